The summed E-state index contributed by atoms with van der Waals surface area (Å²) in [4.78, 5) is 0. The molecule has 0 radical (unpaired) electrons. The van der Waals surface area contributed by atoms with E-state index in [4.69, 9.17) is 15.2 Å². The Morgan fingerprint density at radius 1 is 1.41 bits per heavy atom. The van der Waals surface area contributed by atoms with Gasteiger partial charge in [-0.2, -0.15) is 0 Å². The van der Waals surface area contributed by atoms with Crippen LogP contribution in [0.5, 0.6) is 5.75 Å². The highest BCUT2D eigenvalue weighted by Gasteiger charge is 2.24. The Kier molecular flexibility index (Phi) is 4.36. The van der Waals surface area contributed by atoms with Gasteiger partial charge in [-0.05, 0) is 47.0 Å². The molecular weight excluding hydrogens is 289 g/mol. The zero-order valence-electron chi connectivity index (χ0n) is 9.36. The first-order valence-electron chi connectivity index (χ1n) is 5.62. The molecule has 1 fully saturated rings. The van der Waals surface area contributed by atoms with Crippen LogP contribution in [0.2, 0.25) is 0 Å². The van der Waals surface area contributed by atoms with Crippen molar-refractivity contribution in [2.45, 2.75) is 25.0 Å². The lowest BCUT2D eigenvalue weighted by Gasteiger charge is -2.13. The Hall–Kier alpha value is -0.650. The zero-order valence-corrected chi connectivity index (χ0v) is 11.0. The molecule has 2 unspecified atom stereocenters. The van der Waals surface area contributed by atoms with Crippen molar-refractivity contribution in [3.63, 3.8) is 0 Å². The molecule has 1 aliphatic rings. The minimum absolute atomic E-state index is 0.0902. The van der Waals surface area contributed by atoms with Crippen LogP contribution in [0.15, 0.2) is 22.7 Å². The fraction of sp³-hybridized carbons (Fsp3) is 0.500. The molecule has 1 aliphatic heterocycles. The molecule has 0 bridgehead atoms. The summed E-state index contributed by atoms with van der Waals surface area (Å²) in [5.41, 5.74) is 5.53. The van der Waals surface area contributed by atoms with Crippen molar-refractivity contribution in [3.05, 3.63) is 28.5 Å². The molecule has 17 heavy (non-hydrogen) atoms. The minimum atomic E-state index is -0.294. The van der Waals surface area contributed by atoms with Crippen molar-refractivity contribution >= 4 is 15.9 Å². The van der Waals surface area contributed by atoms with Gasteiger partial charge in [0.15, 0.2) is 0 Å². The Balaban J connectivity index is 1.84. The molecule has 1 aromatic rings. The lowest BCUT2D eigenvalue weighted by molar-refractivity contribution is 0.0222. The summed E-state index contributed by atoms with van der Waals surface area (Å²) in [5, 5.41) is 0. The normalized spacial score (nSPS) is 23.9. The highest BCUT2D eigenvalue weighted by atomic mass is 79.9. The topological polar surface area (TPSA) is 44.5 Å². The van der Waals surface area contributed by atoms with Crippen LogP contribution >= 0.6 is 15.9 Å². The lowest BCUT2D eigenvalue weighted by atomic mass is 10.2. The van der Waals surface area contributed by atoms with Crippen LogP contribution in [0, 0.1) is 5.82 Å². The summed E-state index contributed by atoms with van der Waals surface area (Å²) in [6, 6.07) is 4.60. The Morgan fingerprint density at radius 2 is 2.18 bits per heavy atom. The van der Waals surface area contributed by atoms with Crippen LogP contribution in [0.25, 0.3) is 0 Å². The molecule has 94 valence electrons. The van der Waals surface area contributed by atoms with Crippen LogP contribution in [0.1, 0.15) is 12.8 Å². The molecule has 3 nitrogen and oxygen atoms in total. The summed E-state index contributed by atoms with van der Waals surface area (Å²) in [7, 11) is 0. The smallest absolute Gasteiger partial charge is 0.137 e. The molecule has 0 aliphatic carbocycles. The molecule has 1 aromatic carbocycles. The molecule has 1 saturated heterocycles. The van der Waals surface area contributed by atoms with E-state index in [-0.39, 0.29) is 18.0 Å². The fourth-order valence-corrected chi connectivity index (χ4v) is 2.19. The van der Waals surface area contributed by atoms with Gasteiger partial charge in [-0.3, -0.25) is 0 Å². The average Bonchev–Trinajstić information content (AvgIpc) is 2.79. The van der Waals surface area contributed by atoms with E-state index >= 15 is 0 Å². The fourth-order valence-electron chi connectivity index (χ4n) is 1.83. The number of hydrogen-bond acceptors (Lipinski definition) is 3. The number of hydrogen-bond donors (Lipinski definition) is 1. The van der Waals surface area contributed by atoms with E-state index in [1.54, 1.807) is 12.1 Å². The quantitative estimate of drug-likeness (QED) is 0.929. The van der Waals surface area contributed by atoms with Gasteiger partial charge < -0.3 is 15.2 Å². The van der Waals surface area contributed by atoms with Gasteiger partial charge in [-0.15, -0.1) is 0 Å². The van der Waals surface area contributed by atoms with E-state index < -0.39 is 0 Å². The van der Waals surface area contributed by atoms with Crippen molar-refractivity contribution < 1.29 is 13.9 Å². The molecule has 5 heteroatoms. The third-order valence-corrected chi connectivity index (χ3v) is 3.39. The van der Waals surface area contributed by atoms with Crippen LogP contribution in [0.3, 0.4) is 0 Å². The highest BCUT2D eigenvalue weighted by Crippen LogP contribution is 2.24. The molecular formula is C12H15BrFNO2. The van der Waals surface area contributed by atoms with Gasteiger partial charge in [-0.1, -0.05) is 0 Å². The van der Waals surface area contributed by atoms with Gasteiger partial charge in [0.25, 0.3) is 0 Å². The van der Waals surface area contributed by atoms with E-state index in [1.165, 1.54) is 6.07 Å². The second-order valence-electron chi connectivity index (χ2n) is 4.08. The summed E-state index contributed by atoms with van der Waals surface area (Å²) in [5.74, 6) is 0.343. The maximum absolute atomic E-state index is 13.0. The molecule has 2 rings (SSSR count). The third-order valence-electron chi connectivity index (χ3n) is 2.79. The number of ether oxygens (including phenoxy) is 2. The maximum atomic E-state index is 13.0. The molecule has 0 aromatic heterocycles. The second kappa shape index (κ2) is 5.80. The number of halogens is 2. The van der Waals surface area contributed by atoms with Crippen LogP contribution < -0.4 is 10.5 Å². The minimum Gasteiger partial charge on any atom is -0.491 e. The predicted molar refractivity (Wildman–Crippen MR) is 66.5 cm³/mol. The first-order chi connectivity index (χ1) is 8.19. The zero-order chi connectivity index (χ0) is 12.3. The molecule has 0 spiro atoms. The Morgan fingerprint density at radius 3 is 2.82 bits per heavy atom. The number of nitrogens with two attached hydrogens (primary N) is 1. The van der Waals surface area contributed by atoms with Gasteiger partial charge in [0.05, 0.1) is 16.7 Å². The van der Waals surface area contributed by atoms with Gasteiger partial charge >= 0.3 is 0 Å². The number of benzene rings is 1. The predicted octanol–water partition coefficient (Wildman–Crippen LogP) is 2.47. The van der Waals surface area contributed by atoms with Gasteiger partial charge in [0, 0.05) is 6.54 Å². The molecule has 2 atom stereocenters. The summed E-state index contributed by atoms with van der Waals surface area (Å²) in [6.07, 6.45) is 2.19. The first kappa shape index (κ1) is 12.8. The molecule has 0 amide bonds. The van der Waals surface area contributed by atoms with Crippen molar-refractivity contribution in [3.8, 4) is 5.75 Å². The molecule has 1 heterocycles. The van der Waals surface area contributed by atoms with E-state index in [9.17, 15) is 4.39 Å². The monoisotopic (exact) mass is 303 g/mol. The number of rotatable bonds is 4. The maximum Gasteiger partial charge on any atom is 0.137 e. The largest absolute Gasteiger partial charge is 0.491 e. The molecule has 0 saturated carbocycles. The third kappa shape index (κ3) is 3.40. The van der Waals surface area contributed by atoms with Gasteiger partial charge in [0.2, 0.25) is 0 Å². The Labute approximate surface area is 108 Å². The van der Waals surface area contributed by atoms with Crippen molar-refractivity contribution in [2.75, 3.05) is 13.2 Å². The first-order valence-corrected chi connectivity index (χ1v) is 6.41. The lowest BCUT2D eigenvalue weighted by Crippen LogP contribution is -2.23. The van der Waals surface area contributed by atoms with E-state index in [0.717, 1.165) is 12.8 Å². The van der Waals surface area contributed by atoms with Gasteiger partial charge in [-0.25, -0.2) is 4.39 Å². The standard InChI is InChI=1S/C12H15BrFNO2/c13-11-5-8(3-4-12(11)14)16-7-10-2-1-9(6-15)17-10/h3-5,9-10H,1-2,6-7,15H2. The van der Waals surface area contributed by atoms with Crippen molar-refractivity contribution in [1.29, 1.82) is 0 Å². The molecule has 2 N–H and O–H groups in total. The highest BCUT2D eigenvalue weighted by molar-refractivity contribution is 9.10. The summed E-state index contributed by atoms with van der Waals surface area (Å²) in [6.45, 7) is 1.03. The van der Waals surface area contributed by atoms with E-state index in [2.05, 4.69) is 15.9 Å². The van der Waals surface area contributed by atoms with E-state index in [1.807, 2.05) is 0 Å². The van der Waals surface area contributed by atoms with E-state index in [0.29, 0.717) is 23.4 Å². The van der Waals surface area contributed by atoms with Crippen LogP contribution in [-0.4, -0.2) is 25.4 Å². The van der Waals surface area contributed by atoms with Crippen LogP contribution in [-0.2, 0) is 4.74 Å². The van der Waals surface area contributed by atoms with Crippen LogP contribution in [0.4, 0.5) is 4.39 Å². The second-order valence-corrected chi connectivity index (χ2v) is 4.93. The SMILES string of the molecule is NCC1CCC(COc2ccc(F)c(Br)c2)O1. The summed E-state index contributed by atoms with van der Waals surface area (Å²) >= 11 is 3.12. The Bertz CT molecular complexity index is 389. The van der Waals surface area contributed by atoms with Gasteiger partial charge in [0.1, 0.15) is 18.2 Å². The average molecular weight is 304 g/mol. The summed E-state index contributed by atoms with van der Waals surface area (Å²) < 4.78 is 24.6. The van der Waals surface area contributed by atoms with Crippen molar-refractivity contribution in [1.82, 2.24) is 0 Å². The van der Waals surface area contributed by atoms with Crippen molar-refractivity contribution in [2.24, 2.45) is 5.73 Å².